The normalized spacial score (nSPS) is 36.0. The predicted octanol–water partition coefficient (Wildman–Crippen LogP) is 0.395. The standard InChI is InChI=1S/C8H16N2S/c1-9-7-3-8(11-4-7)5-10(2)6-8/h7,9H,3-6H2,1-2H3. The van der Waals surface area contributed by atoms with Crippen LogP contribution in [0.25, 0.3) is 0 Å². The molecular formula is C8H16N2S. The Labute approximate surface area is 72.7 Å². The van der Waals surface area contributed by atoms with Crippen molar-refractivity contribution in [3.63, 3.8) is 0 Å². The molecule has 1 N–H and O–H groups in total. The lowest BCUT2D eigenvalue weighted by atomic mass is 9.93. The van der Waals surface area contributed by atoms with Crippen LogP contribution in [0.2, 0.25) is 0 Å². The molecule has 0 aliphatic carbocycles. The lowest BCUT2D eigenvalue weighted by molar-refractivity contribution is 0.156. The highest BCUT2D eigenvalue weighted by molar-refractivity contribution is 8.01. The summed E-state index contributed by atoms with van der Waals surface area (Å²) in [4.78, 5) is 2.41. The van der Waals surface area contributed by atoms with Gasteiger partial charge in [0.2, 0.25) is 0 Å². The lowest BCUT2D eigenvalue weighted by Crippen LogP contribution is -2.57. The molecule has 64 valence electrons. The zero-order valence-electron chi connectivity index (χ0n) is 7.26. The molecule has 0 aromatic carbocycles. The van der Waals surface area contributed by atoms with E-state index >= 15 is 0 Å². The maximum atomic E-state index is 3.36. The third-order valence-electron chi connectivity index (χ3n) is 2.73. The first-order chi connectivity index (χ1) is 5.24. The monoisotopic (exact) mass is 172 g/mol. The van der Waals surface area contributed by atoms with Crippen LogP contribution in [0.15, 0.2) is 0 Å². The van der Waals surface area contributed by atoms with Crippen LogP contribution < -0.4 is 5.32 Å². The van der Waals surface area contributed by atoms with Crippen LogP contribution in [0.3, 0.4) is 0 Å². The number of rotatable bonds is 1. The highest BCUT2D eigenvalue weighted by Gasteiger charge is 2.46. The maximum Gasteiger partial charge on any atom is 0.0429 e. The zero-order chi connectivity index (χ0) is 7.90. The van der Waals surface area contributed by atoms with E-state index in [1.807, 2.05) is 0 Å². The van der Waals surface area contributed by atoms with E-state index in [-0.39, 0.29) is 0 Å². The van der Waals surface area contributed by atoms with Crippen LogP contribution in [0.1, 0.15) is 6.42 Å². The molecule has 0 saturated carbocycles. The fourth-order valence-corrected chi connectivity index (χ4v) is 3.97. The molecule has 0 aromatic rings. The molecule has 1 unspecified atom stereocenters. The van der Waals surface area contributed by atoms with Crippen LogP contribution in [-0.2, 0) is 0 Å². The summed E-state index contributed by atoms with van der Waals surface area (Å²) < 4.78 is 0.641. The van der Waals surface area contributed by atoms with E-state index in [9.17, 15) is 0 Å². The van der Waals surface area contributed by atoms with Crippen molar-refractivity contribution in [2.24, 2.45) is 0 Å². The summed E-state index contributed by atoms with van der Waals surface area (Å²) in [7, 11) is 4.28. The highest BCUT2D eigenvalue weighted by Crippen LogP contribution is 2.44. The quantitative estimate of drug-likeness (QED) is 0.616. The van der Waals surface area contributed by atoms with Crippen molar-refractivity contribution in [1.82, 2.24) is 10.2 Å². The van der Waals surface area contributed by atoms with Gasteiger partial charge in [0.15, 0.2) is 0 Å². The first-order valence-corrected chi connectivity index (χ1v) is 5.22. The smallest absolute Gasteiger partial charge is 0.0429 e. The Morgan fingerprint density at radius 3 is 2.73 bits per heavy atom. The largest absolute Gasteiger partial charge is 0.316 e. The molecule has 2 fully saturated rings. The van der Waals surface area contributed by atoms with Gasteiger partial charge < -0.3 is 10.2 Å². The van der Waals surface area contributed by atoms with E-state index in [0.717, 1.165) is 6.04 Å². The van der Waals surface area contributed by atoms with Crippen molar-refractivity contribution in [2.75, 3.05) is 32.9 Å². The molecule has 2 heterocycles. The molecule has 1 spiro atoms. The minimum atomic E-state index is 0.641. The second-order valence-corrected chi connectivity index (χ2v) is 5.34. The maximum absolute atomic E-state index is 3.36. The van der Waals surface area contributed by atoms with E-state index < -0.39 is 0 Å². The number of likely N-dealkylation sites (tertiary alicyclic amines) is 1. The Hall–Kier alpha value is 0.270. The third-order valence-corrected chi connectivity index (χ3v) is 4.34. The first kappa shape index (κ1) is 7.90. The Morgan fingerprint density at radius 2 is 2.27 bits per heavy atom. The third kappa shape index (κ3) is 1.30. The molecule has 0 amide bonds. The van der Waals surface area contributed by atoms with Gasteiger partial charge in [-0.3, -0.25) is 0 Å². The molecule has 0 bridgehead atoms. The lowest BCUT2D eigenvalue weighted by Gasteiger charge is -2.45. The van der Waals surface area contributed by atoms with Crippen molar-refractivity contribution >= 4 is 11.8 Å². The van der Waals surface area contributed by atoms with Crippen LogP contribution in [-0.4, -0.2) is 48.6 Å². The molecule has 2 saturated heterocycles. The van der Waals surface area contributed by atoms with Gasteiger partial charge in [-0.25, -0.2) is 0 Å². The molecule has 3 heteroatoms. The number of thioether (sulfide) groups is 1. The predicted molar refractivity (Wildman–Crippen MR) is 50.2 cm³/mol. The Balaban J connectivity index is 1.89. The van der Waals surface area contributed by atoms with E-state index in [1.54, 1.807) is 0 Å². The minimum absolute atomic E-state index is 0.641. The summed E-state index contributed by atoms with van der Waals surface area (Å²) in [6.45, 7) is 2.60. The summed E-state index contributed by atoms with van der Waals surface area (Å²) in [5, 5.41) is 3.36. The van der Waals surface area contributed by atoms with Crippen LogP contribution in [0.5, 0.6) is 0 Å². The summed E-state index contributed by atoms with van der Waals surface area (Å²) in [5.41, 5.74) is 0. The minimum Gasteiger partial charge on any atom is -0.316 e. The van der Waals surface area contributed by atoms with Crippen LogP contribution in [0.4, 0.5) is 0 Å². The summed E-state index contributed by atoms with van der Waals surface area (Å²) in [5.74, 6) is 1.31. The molecule has 1 atom stereocenters. The number of nitrogens with zero attached hydrogens (tertiary/aromatic N) is 1. The van der Waals surface area contributed by atoms with E-state index in [1.165, 1.54) is 25.3 Å². The Kier molecular flexibility index (Phi) is 1.90. The van der Waals surface area contributed by atoms with Gasteiger partial charge in [-0.2, -0.15) is 11.8 Å². The Bertz CT molecular complexity index is 154. The SMILES string of the molecule is CNC1CSC2(C1)CN(C)C2. The molecule has 2 aliphatic rings. The van der Waals surface area contributed by atoms with Gasteiger partial charge in [0.05, 0.1) is 0 Å². The average molecular weight is 172 g/mol. The average Bonchev–Trinajstić information content (AvgIpc) is 2.31. The van der Waals surface area contributed by atoms with Gasteiger partial charge in [0, 0.05) is 29.6 Å². The Morgan fingerprint density at radius 1 is 1.55 bits per heavy atom. The van der Waals surface area contributed by atoms with Crippen molar-refractivity contribution in [1.29, 1.82) is 0 Å². The topological polar surface area (TPSA) is 15.3 Å². The van der Waals surface area contributed by atoms with Gasteiger partial charge in [-0.15, -0.1) is 0 Å². The molecule has 2 aliphatic heterocycles. The second kappa shape index (κ2) is 2.64. The molecule has 0 aromatic heterocycles. The van der Waals surface area contributed by atoms with E-state index in [2.05, 4.69) is 36.1 Å². The highest BCUT2D eigenvalue weighted by atomic mass is 32.2. The van der Waals surface area contributed by atoms with Crippen LogP contribution >= 0.6 is 11.8 Å². The molecular weight excluding hydrogens is 156 g/mol. The first-order valence-electron chi connectivity index (χ1n) is 4.24. The van der Waals surface area contributed by atoms with Crippen molar-refractivity contribution in [3.05, 3.63) is 0 Å². The fraction of sp³-hybridized carbons (Fsp3) is 1.00. The number of hydrogen-bond donors (Lipinski definition) is 1. The summed E-state index contributed by atoms with van der Waals surface area (Å²) >= 11 is 2.16. The number of hydrogen-bond acceptors (Lipinski definition) is 3. The fourth-order valence-electron chi connectivity index (χ4n) is 2.19. The van der Waals surface area contributed by atoms with Gasteiger partial charge in [0.1, 0.15) is 0 Å². The molecule has 2 nitrogen and oxygen atoms in total. The van der Waals surface area contributed by atoms with Gasteiger partial charge in [-0.05, 0) is 20.5 Å². The molecule has 0 radical (unpaired) electrons. The summed E-state index contributed by atoms with van der Waals surface area (Å²) in [6, 6.07) is 0.772. The van der Waals surface area contributed by atoms with Gasteiger partial charge in [0.25, 0.3) is 0 Å². The zero-order valence-corrected chi connectivity index (χ0v) is 8.08. The van der Waals surface area contributed by atoms with Crippen molar-refractivity contribution < 1.29 is 0 Å². The molecule has 11 heavy (non-hydrogen) atoms. The van der Waals surface area contributed by atoms with Gasteiger partial charge >= 0.3 is 0 Å². The van der Waals surface area contributed by atoms with E-state index in [4.69, 9.17) is 0 Å². The molecule has 2 rings (SSSR count). The second-order valence-electron chi connectivity index (χ2n) is 3.86. The van der Waals surface area contributed by atoms with Gasteiger partial charge in [-0.1, -0.05) is 0 Å². The summed E-state index contributed by atoms with van der Waals surface area (Å²) in [6.07, 6.45) is 1.37. The van der Waals surface area contributed by atoms with E-state index in [0.29, 0.717) is 4.75 Å². The van der Waals surface area contributed by atoms with Crippen molar-refractivity contribution in [2.45, 2.75) is 17.2 Å². The van der Waals surface area contributed by atoms with Crippen LogP contribution in [0, 0.1) is 0 Å². The van der Waals surface area contributed by atoms with Crippen molar-refractivity contribution in [3.8, 4) is 0 Å². The number of nitrogens with one attached hydrogen (secondary N) is 1.